The van der Waals surface area contributed by atoms with Crippen LogP contribution in [0.2, 0.25) is 39.3 Å². The summed E-state index contributed by atoms with van der Waals surface area (Å²) in [6.07, 6.45) is 9.04. The van der Waals surface area contributed by atoms with E-state index in [-0.39, 0.29) is 10.3 Å². The lowest BCUT2D eigenvalue weighted by atomic mass is 9.84. The Morgan fingerprint density at radius 2 is 1.24 bits per heavy atom. The monoisotopic (exact) mass is 620 g/mol. The van der Waals surface area contributed by atoms with Crippen molar-refractivity contribution < 1.29 is 4.79 Å². The van der Waals surface area contributed by atoms with E-state index in [0.29, 0.717) is 18.6 Å². The molecule has 1 aromatic carbocycles. The largest absolute Gasteiger partial charge is 0.300 e. The summed E-state index contributed by atoms with van der Waals surface area (Å²) in [7, 11) is -0.254. The molecule has 0 N–H and O–H groups in total. The molecule has 0 spiro atoms. The Morgan fingerprint density at radius 1 is 0.805 bits per heavy atom. The molecule has 1 atom stereocenters. The van der Waals surface area contributed by atoms with Crippen molar-refractivity contribution in [3.8, 4) is 0 Å². The maximum Gasteiger partial charge on any atom is 0.134 e. The van der Waals surface area contributed by atoms with E-state index >= 15 is 0 Å². The molecule has 3 nitrogen and oxygen atoms in total. The second kappa shape index (κ2) is 11.5. The first kappa shape index (κ1) is 32.4. The molecule has 1 aliphatic rings. The van der Waals surface area contributed by atoms with Gasteiger partial charge in [0, 0.05) is 53.8 Å². The summed E-state index contributed by atoms with van der Waals surface area (Å²) in [4.78, 5) is 22.3. The SMILES string of the molecule is CC1(C)CC(=O)CC(C)(C)P1c1cc(C[Si](C)(C)C)c(C[Si](C)(C)C)cc1C(P)(c1cccnc1)c1cccnc1. The molecular weight excluding hydrogens is 571 g/mol. The molecule has 0 aliphatic carbocycles. The number of rotatable bonds is 8. The average Bonchev–Trinajstić information content (AvgIpc) is 2.82. The lowest BCUT2D eigenvalue weighted by molar-refractivity contribution is -0.120. The molecule has 0 amide bonds. The van der Waals surface area contributed by atoms with Gasteiger partial charge in [0.1, 0.15) is 5.78 Å². The maximum atomic E-state index is 13.1. The van der Waals surface area contributed by atoms with E-state index in [1.54, 1.807) is 5.56 Å². The number of hydrogen-bond acceptors (Lipinski definition) is 3. The van der Waals surface area contributed by atoms with Crippen LogP contribution in [0.1, 0.15) is 68.4 Å². The summed E-state index contributed by atoms with van der Waals surface area (Å²) < 4.78 is 0. The lowest BCUT2D eigenvalue weighted by Crippen LogP contribution is -2.45. The number of nitrogens with zero attached hydrogens (tertiary/aromatic N) is 2. The number of carbonyl (C=O) groups is 1. The molecule has 1 aliphatic heterocycles. The van der Waals surface area contributed by atoms with Crippen LogP contribution in [0, 0.1) is 0 Å². The average molecular weight is 621 g/mol. The molecule has 0 saturated carbocycles. The molecule has 1 fully saturated rings. The van der Waals surface area contributed by atoms with Crippen LogP contribution in [0.3, 0.4) is 0 Å². The van der Waals surface area contributed by atoms with Gasteiger partial charge in [0.25, 0.3) is 0 Å². The summed E-state index contributed by atoms with van der Waals surface area (Å²) in [5.41, 5.74) is 6.70. The van der Waals surface area contributed by atoms with Crippen LogP contribution in [0.4, 0.5) is 0 Å². The second-order valence-corrected chi connectivity index (χ2v) is 31.1. The fourth-order valence-electron chi connectivity index (χ4n) is 6.98. The van der Waals surface area contributed by atoms with Crippen LogP contribution >= 0.6 is 17.2 Å². The van der Waals surface area contributed by atoms with E-state index in [0.717, 1.165) is 17.2 Å². The molecule has 3 heterocycles. The first-order chi connectivity index (χ1) is 18.8. The van der Waals surface area contributed by atoms with Crippen molar-refractivity contribution in [2.24, 2.45) is 0 Å². The standard InChI is InChI=1S/C34H50N2OP2Si2/c1-32(2)19-29(37)20-33(3,4)39(32)31-18-26(24-41(8,9)10)25(23-40(5,6)7)17-30(31)34(38,27-13-11-15-35-21-27)28-14-12-16-36-22-28/h11-18,21-22H,19-20,23-24,38H2,1-10H3. The number of pyridine rings is 2. The summed E-state index contributed by atoms with van der Waals surface area (Å²) in [6.45, 7) is 24.3. The van der Waals surface area contributed by atoms with Crippen molar-refractivity contribution in [3.63, 3.8) is 0 Å². The van der Waals surface area contributed by atoms with Crippen molar-refractivity contribution in [1.82, 2.24) is 9.97 Å². The van der Waals surface area contributed by atoms with Crippen molar-refractivity contribution >= 4 is 44.4 Å². The van der Waals surface area contributed by atoms with Crippen molar-refractivity contribution in [2.75, 3.05) is 0 Å². The van der Waals surface area contributed by atoms with Gasteiger partial charge in [-0.2, -0.15) is 0 Å². The second-order valence-electron chi connectivity index (χ2n) is 15.8. The summed E-state index contributed by atoms with van der Waals surface area (Å²) in [6, 6.07) is 16.0. The van der Waals surface area contributed by atoms with Gasteiger partial charge in [0.15, 0.2) is 0 Å². The zero-order valence-corrected chi connectivity index (χ0v) is 31.0. The van der Waals surface area contributed by atoms with Gasteiger partial charge < -0.3 is 0 Å². The summed E-state index contributed by atoms with van der Waals surface area (Å²) in [5.74, 6) is 0.398. The topological polar surface area (TPSA) is 42.9 Å². The predicted octanol–water partition coefficient (Wildman–Crippen LogP) is 8.51. The lowest BCUT2D eigenvalue weighted by Gasteiger charge is -2.51. The van der Waals surface area contributed by atoms with Crippen LogP contribution in [0.15, 0.2) is 61.2 Å². The Kier molecular flexibility index (Phi) is 9.11. The fourth-order valence-corrected chi connectivity index (χ4v) is 15.0. The molecule has 41 heavy (non-hydrogen) atoms. The zero-order valence-electron chi connectivity index (χ0n) is 26.9. The Bertz CT molecular complexity index is 1330. The molecule has 0 bridgehead atoms. The van der Waals surface area contributed by atoms with E-state index in [2.05, 4.69) is 110 Å². The smallest absolute Gasteiger partial charge is 0.134 e. The predicted molar refractivity (Wildman–Crippen MR) is 188 cm³/mol. The number of hydrogen-bond donors (Lipinski definition) is 0. The molecule has 2 aromatic heterocycles. The van der Waals surface area contributed by atoms with Gasteiger partial charge in [-0.1, -0.05) is 99.2 Å². The van der Waals surface area contributed by atoms with Crippen molar-refractivity contribution in [3.05, 3.63) is 89.0 Å². The van der Waals surface area contributed by atoms with E-state index in [9.17, 15) is 4.79 Å². The van der Waals surface area contributed by atoms with Gasteiger partial charge in [-0.15, -0.1) is 9.24 Å². The Balaban J connectivity index is 2.16. The van der Waals surface area contributed by atoms with E-state index in [1.165, 1.54) is 22.5 Å². The van der Waals surface area contributed by atoms with Gasteiger partial charge in [-0.25, -0.2) is 0 Å². The number of Topliss-reactive ketones (excluding diaryl/α,β-unsaturated/α-hetero) is 1. The van der Waals surface area contributed by atoms with Crippen LogP contribution in [-0.4, -0.2) is 42.2 Å². The van der Waals surface area contributed by atoms with E-state index < -0.39 is 29.2 Å². The van der Waals surface area contributed by atoms with E-state index in [4.69, 9.17) is 0 Å². The Hall–Kier alpha value is -1.52. The van der Waals surface area contributed by atoms with Gasteiger partial charge in [0.2, 0.25) is 0 Å². The molecule has 220 valence electrons. The third kappa shape index (κ3) is 7.18. The van der Waals surface area contributed by atoms with Gasteiger partial charge in [0.05, 0.1) is 5.16 Å². The van der Waals surface area contributed by atoms with Crippen LogP contribution in [-0.2, 0) is 22.0 Å². The minimum Gasteiger partial charge on any atom is -0.300 e. The molecule has 0 radical (unpaired) electrons. The molecule has 3 aromatic rings. The maximum absolute atomic E-state index is 13.1. The minimum absolute atomic E-state index is 0.102. The zero-order chi connectivity index (χ0) is 30.4. The summed E-state index contributed by atoms with van der Waals surface area (Å²) >= 11 is 0. The molecule has 4 rings (SSSR count). The number of benzene rings is 1. The van der Waals surface area contributed by atoms with Crippen LogP contribution < -0.4 is 5.30 Å². The van der Waals surface area contributed by atoms with Crippen LogP contribution in [0.5, 0.6) is 0 Å². The third-order valence-electron chi connectivity index (χ3n) is 8.13. The fraction of sp³-hybridized carbons (Fsp3) is 0.500. The Labute approximate surface area is 254 Å². The quantitative estimate of drug-likeness (QED) is 0.187. The highest BCUT2D eigenvalue weighted by atomic mass is 31.1. The first-order valence-electron chi connectivity index (χ1n) is 14.9. The third-order valence-corrected chi connectivity index (χ3v) is 15.6. The Morgan fingerprint density at radius 3 is 1.63 bits per heavy atom. The van der Waals surface area contributed by atoms with Gasteiger partial charge in [-0.05, 0) is 67.7 Å². The minimum atomic E-state index is -1.42. The highest BCUT2D eigenvalue weighted by Crippen LogP contribution is 2.66. The number of carbonyl (C=O) groups excluding carboxylic acids is 1. The molecule has 1 unspecified atom stereocenters. The highest BCUT2D eigenvalue weighted by molar-refractivity contribution is 7.69. The highest BCUT2D eigenvalue weighted by Gasteiger charge is 2.50. The summed E-state index contributed by atoms with van der Waals surface area (Å²) in [5, 5.41) is 0.738. The van der Waals surface area contributed by atoms with E-state index in [1.807, 2.05) is 36.9 Å². The number of ketones is 1. The first-order valence-corrected chi connectivity index (χ1v) is 24.3. The molecule has 7 heteroatoms. The normalized spacial score (nSPS) is 18.0. The van der Waals surface area contributed by atoms with Crippen molar-refractivity contribution in [2.45, 2.75) is 107 Å². The van der Waals surface area contributed by atoms with Crippen molar-refractivity contribution in [1.29, 1.82) is 0 Å². The van der Waals surface area contributed by atoms with Crippen LogP contribution in [0.25, 0.3) is 0 Å². The molecular formula is C34H50N2OP2Si2. The van der Waals surface area contributed by atoms with Gasteiger partial charge >= 0.3 is 0 Å². The van der Waals surface area contributed by atoms with Gasteiger partial charge in [-0.3, -0.25) is 14.8 Å². The molecule has 1 saturated heterocycles. The number of aromatic nitrogens is 2.